The first kappa shape index (κ1) is 12.1. The van der Waals surface area contributed by atoms with Crippen molar-refractivity contribution in [1.82, 2.24) is 4.90 Å². The summed E-state index contributed by atoms with van der Waals surface area (Å²) < 4.78 is 18.3. The second kappa shape index (κ2) is 3.79. The first-order valence-electron chi connectivity index (χ1n) is 6.27. The number of esters is 1. The van der Waals surface area contributed by atoms with E-state index in [4.69, 9.17) is 4.74 Å². The fraction of sp³-hybridized carbons (Fsp3) is 0.429. The number of halogens is 1. The van der Waals surface area contributed by atoms with E-state index in [2.05, 4.69) is 0 Å². The Kier molecular flexibility index (Phi) is 2.42. The largest absolute Gasteiger partial charge is 0.464 e. The smallest absolute Gasteiger partial charge is 0.332 e. The maximum atomic E-state index is 13.2. The maximum Gasteiger partial charge on any atom is 0.332 e. The van der Waals surface area contributed by atoms with Crippen LogP contribution in [0.2, 0.25) is 0 Å². The number of amides is 1. The number of rotatable bonds is 2. The van der Waals surface area contributed by atoms with Crippen molar-refractivity contribution in [3.05, 3.63) is 35.1 Å². The number of fused-ring (bicyclic) bond motifs is 3. The van der Waals surface area contributed by atoms with Crippen molar-refractivity contribution in [2.75, 3.05) is 13.7 Å². The molecule has 0 saturated heterocycles. The molecular formula is C14H14FNO3. The zero-order valence-corrected chi connectivity index (χ0v) is 10.8. The molecule has 0 aromatic heterocycles. The Balaban J connectivity index is 2.06. The number of hydrogen-bond acceptors (Lipinski definition) is 3. The van der Waals surface area contributed by atoms with Gasteiger partial charge in [0, 0.05) is 18.5 Å². The van der Waals surface area contributed by atoms with Crippen molar-refractivity contribution in [3.8, 4) is 0 Å². The molecule has 1 fully saturated rings. The molecule has 1 aliphatic heterocycles. The van der Waals surface area contributed by atoms with Crippen LogP contribution in [0, 0.1) is 5.82 Å². The predicted octanol–water partition coefficient (Wildman–Crippen LogP) is 1.70. The Hall–Kier alpha value is -1.91. The molecule has 2 unspecified atom stereocenters. The Morgan fingerprint density at radius 2 is 2.32 bits per heavy atom. The Morgan fingerprint density at radius 1 is 1.58 bits per heavy atom. The van der Waals surface area contributed by atoms with E-state index in [1.807, 2.05) is 0 Å². The van der Waals surface area contributed by atoms with E-state index < -0.39 is 11.4 Å². The van der Waals surface area contributed by atoms with E-state index in [0.717, 1.165) is 5.56 Å². The van der Waals surface area contributed by atoms with Gasteiger partial charge < -0.3 is 9.64 Å². The van der Waals surface area contributed by atoms with Gasteiger partial charge in [-0.25, -0.2) is 9.18 Å². The first-order chi connectivity index (χ1) is 9.02. The summed E-state index contributed by atoms with van der Waals surface area (Å²) in [7, 11) is 1.58. The van der Waals surface area contributed by atoms with Crippen molar-refractivity contribution in [1.29, 1.82) is 0 Å². The van der Waals surface area contributed by atoms with E-state index in [0.29, 0.717) is 12.0 Å². The monoisotopic (exact) mass is 263 g/mol. The second-order valence-electron chi connectivity index (χ2n) is 5.00. The zero-order valence-electron chi connectivity index (χ0n) is 10.8. The molecule has 1 saturated carbocycles. The van der Waals surface area contributed by atoms with Crippen LogP contribution in [0.15, 0.2) is 18.2 Å². The molecule has 1 aliphatic carbocycles. The SMILES string of the molecule is CCOC(=O)C12CC1c1ccc(F)cc1C(=O)N2C. The summed E-state index contributed by atoms with van der Waals surface area (Å²) in [5.41, 5.74) is 0.222. The molecule has 4 nitrogen and oxygen atoms in total. The molecule has 1 aromatic carbocycles. The highest BCUT2D eigenvalue weighted by Crippen LogP contribution is 2.59. The minimum absolute atomic E-state index is 0.0788. The molecule has 0 radical (unpaired) electrons. The molecule has 1 amide bonds. The fourth-order valence-corrected chi connectivity index (χ4v) is 2.99. The number of carbonyl (C=O) groups is 2. The highest BCUT2D eigenvalue weighted by atomic mass is 19.1. The minimum atomic E-state index is -0.877. The zero-order chi connectivity index (χ0) is 13.8. The molecule has 100 valence electrons. The molecular weight excluding hydrogens is 249 g/mol. The molecule has 3 rings (SSSR count). The molecule has 2 atom stereocenters. The van der Waals surface area contributed by atoms with Gasteiger partial charge >= 0.3 is 5.97 Å². The van der Waals surface area contributed by atoms with Crippen molar-refractivity contribution < 1.29 is 18.7 Å². The number of nitrogens with zero attached hydrogens (tertiary/aromatic N) is 1. The number of benzene rings is 1. The van der Waals surface area contributed by atoms with Gasteiger partial charge in [0.15, 0.2) is 0 Å². The molecule has 2 aliphatic rings. The normalized spacial score (nSPS) is 27.6. The summed E-state index contributed by atoms with van der Waals surface area (Å²) in [6, 6.07) is 4.16. The van der Waals surface area contributed by atoms with Gasteiger partial charge in [-0.15, -0.1) is 0 Å². The standard InChI is InChI=1S/C14H14FNO3/c1-3-19-13(18)14-7-11(14)9-5-4-8(15)6-10(9)12(17)16(14)2/h4-6,11H,3,7H2,1-2H3. The Labute approximate surface area is 110 Å². The number of carbonyl (C=O) groups excluding carboxylic acids is 2. The van der Waals surface area contributed by atoms with E-state index in [9.17, 15) is 14.0 Å². The molecule has 1 aromatic rings. The quantitative estimate of drug-likeness (QED) is 0.763. The van der Waals surface area contributed by atoms with E-state index in [1.165, 1.54) is 17.0 Å². The van der Waals surface area contributed by atoms with Gasteiger partial charge in [0.1, 0.15) is 11.4 Å². The molecule has 1 heterocycles. The summed E-state index contributed by atoms with van der Waals surface area (Å²) in [6.07, 6.45) is 0.548. The van der Waals surface area contributed by atoms with E-state index in [-0.39, 0.29) is 24.4 Å². The lowest BCUT2D eigenvalue weighted by Crippen LogP contribution is -2.49. The van der Waals surface area contributed by atoms with Crippen LogP contribution < -0.4 is 0 Å². The van der Waals surface area contributed by atoms with Gasteiger partial charge in [-0.1, -0.05) is 6.07 Å². The van der Waals surface area contributed by atoms with Crippen LogP contribution in [0.3, 0.4) is 0 Å². The third kappa shape index (κ3) is 1.44. The molecule has 19 heavy (non-hydrogen) atoms. The molecule has 5 heteroatoms. The third-order valence-electron chi connectivity index (χ3n) is 4.08. The molecule has 0 bridgehead atoms. The van der Waals surface area contributed by atoms with Crippen LogP contribution in [0.5, 0.6) is 0 Å². The average Bonchev–Trinajstić information content (AvgIpc) is 3.13. The fourth-order valence-electron chi connectivity index (χ4n) is 2.99. The summed E-state index contributed by atoms with van der Waals surface area (Å²) in [5, 5.41) is 0. The minimum Gasteiger partial charge on any atom is -0.464 e. The van der Waals surface area contributed by atoms with Gasteiger partial charge in [-0.05, 0) is 31.0 Å². The first-order valence-corrected chi connectivity index (χ1v) is 6.27. The van der Waals surface area contributed by atoms with Crippen LogP contribution in [0.4, 0.5) is 4.39 Å². The van der Waals surface area contributed by atoms with Crippen LogP contribution in [0.25, 0.3) is 0 Å². The van der Waals surface area contributed by atoms with Crippen LogP contribution in [-0.4, -0.2) is 36.0 Å². The van der Waals surface area contributed by atoms with Crippen molar-refractivity contribution in [2.24, 2.45) is 0 Å². The summed E-state index contributed by atoms with van der Waals surface area (Å²) >= 11 is 0. The van der Waals surface area contributed by atoms with Crippen LogP contribution >= 0.6 is 0 Å². The maximum absolute atomic E-state index is 13.2. The van der Waals surface area contributed by atoms with Gasteiger partial charge in [0.05, 0.1) is 6.61 Å². The van der Waals surface area contributed by atoms with Crippen LogP contribution in [-0.2, 0) is 9.53 Å². The summed E-state index contributed by atoms with van der Waals surface area (Å²) in [6.45, 7) is 2.02. The van der Waals surface area contributed by atoms with Gasteiger partial charge in [0.2, 0.25) is 0 Å². The molecule has 0 spiro atoms. The topological polar surface area (TPSA) is 46.6 Å². The summed E-state index contributed by atoms with van der Waals surface area (Å²) in [4.78, 5) is 25.8. The number of ether oxygens (including phenoxy) is 1. The second-order valence-corrected chi connectivity index (χ2v) is 5.00. The van der Waals surface area contributed by atoms with Gasteiger partial charge in [-0.2, -0.15) is 0 Å². The number of likely N-dealkylation sites (N-methyl/N-ethyl adjacent to an activating group) is 1. The molecule has 0 N–H and O–H groups in total. The van der Waals surface area contributed by atoms with Crippen molar-refractivity contribution in [2.45, 2.75) is 24.8 Å². The lowest BCUT2D eigenvalue weighted by atomic mass is 9.93. The number of hydrogen-bond donors (Lipinski definition) is 0. The third-order valence-corrected chi connectivity index (χ3v) is 4.08. The van der Waals surface area contributed by atoms with Gasteiger partial charge in [0.25, 0.3) is 5.91 Å². The highest BCUT2D eigenvalue weighted by molar-refractivity contribution is 6.04. The van der Waals surface area contributed by atoms with Gasteiger partial charge in [-0.3, -0.25) is 4.79 Å². The lowest BCUT2D eigenvalue weighted by molar-refractivity contribution is -0.150. The highest BCUT2D eigenvalue weighted by Gasteiger charge is 2.68. The summed E-state index contributed by atoms with van der Waals surface area (Å²) in [5.74, 6) is -1.21. The van der Waals surface area contributed by atoms with E-state index >= 15 is 0 Å². The predicted molar refractivity (Wildman–Crippen MR) is 65.2 cm³/mol. The van der Waals surface area contributed by atoms with Crippen molar-refractivity contribution >= 4 is 11.9 Å². The lowest BCUT2D eigenvalue weighted by Gasteiger charge is -2.32. The van der Waals surface area contributed by atoms with Crippen molar-refractivity contribution in [3.63, 3.8) is 0 Å². The average molecular weight is 263 g/mol. The Bertz CT molecular complexity index is 586. The Morgan fingerprint density at radius 3 is 3.00 bits per heavy atom. The van der Waals surface area contributed by atoms with E-state index in [1.54, 1.807) is 20.0 Å². The van der Waals surface area contributed by atoms with Crippen LogP contribution in [0.1, 0.15) is 35.2 Å².